The monoisotopic (exact) mass is 276 g/mol. The van der Waals surface area contributed by atoms with Crippen molar-refractivity contribution in [3.63, 3.8) is 0 Å². The summed E-state index contributed by atoms with van der Waals surface area (Å²) in [6, 6.07) is 8.66. The molecule has 110 valence electrons. The van der Waals surface area contributed by atoms with Crippen LogP contribution in [-0.2, 0) is 16.0 Å². The smallest absolute Gasteiger partial charge is 0.226 e. The fourth-order valence-electron chi connectivity index (χ4n) is 2.34. The van der Waals surface area contributed by atoms with E-state index in [2.05, 4.69) is 17.4 Å². The van der Waals surface area contributed by atoms with Gasteiger partial charge in [0.2, 0.25) is 5.91 Å². The maximum absolute atomic E-state index is 11.6. The molecule has 0 aliphatic carbocycles. The Hall–Kier alpha value is -1.55. The van der Waals surface area contributed by atoms with Crippen molar-refractivity contribution >= 4 is 11.6 Å². The molecule has 1 saturated heterocycles. The first-order chi connectivity index (χ1) is 9.65. The van der Waals surface area contributed by atoms with Gasteiger partial charge in [-0.25, -0.2) is 0 Å². The van der Waals surface area contributed by atoms with Crippen LogP contribution in [0.3, 0.4) is 0 Å². The predicted octanol–water partition coefficient (Wildman–Crippen LogP) is 2.30. The van der Waals surface area contributed by atoms with E-state index in [1.54, 1.807) is 19.0 Å². The zero-order valence-corrected chi connectivity index (χ0v) is 12.4. The molecule has 1 fully saturated rings. The summed E-state index contributed by atoms with van der Waals surface area (Å²) in [5.74, 6) is 0.131. The molecule has 0 saturated carbocycles. The number of ether oxygens (including phenoxy) is 1. The first kappa shape index (κ1) is 14.9. The number of anilines is 1. The van der Waals surface area contributed by atoms with Gasteiger partial charge in [0.1, 0.15) is 0 Å². The van der Waals surface area contributed by atoms with Gasteiger partial charge in [-0.05, 0) is 37.0 Å². The van der Waals surface area contributed by atoms with Crippen molar-refractivity contribution in [3.05, 3.63) is 29.8 Å². The van der Waals surface area contributed by atoms with Crippen molar-refractivity contribution in [3.8, 4) is 0 Å². The molecule has 1 amide bonds. The van der Waals surface area contributed by atoms with Crippen molar-refractivity contribution in [2.75, 3.05) is 32.6 Å². The van der Waals surface area contributed by atoms with Crippen LogP contribution in [0.4, 0.5) is 5.69 Å². The first-order valence-electron chi connectivity index (χ1n) is 7.28. The molecule has 2 rings (SSSR count). The Morgan fingerprint density at radius 1 is 1.25 bits per heavy atom. The summed E-state index contributed by atoms with van der Waals surface area (Å²) in [4.78, 5) is 13.3. The maximum Gasteiger partial charge on any atom is 0.226 e. The van der Waals surface area contributed by atoms with Crippen LogP contribution in [0.25, 0.3) is 0 Å². The molecule has 4 heteroatoms. The first-order valence-corrected chi connectivity index (χ1v) is 7.28. The van der Waals surface area contributed by atoms with Gasteiger partial charge in [0.05, 0.1) is 6.42 Å². The average molecular weight is 276 g/mol. The minimum Gasteiger partial charge on any atom is -0.382 e. The number of nitrogens with zero attached hydrogens (tertiary/aromatic N) is 1. The summed E-state index contributed by atoms with van der Waals surface area (Å²) < 4.78 is 5.47. The van der Waals surface area contributed by atoms with E-state index in [0.717, 1.165) is 43.7 Å². The topological polar surface area (TPSA) is 41.6 Å². The van der Waals surface area contributed by atoms with E-state index in [-0.39, 0.29) is 5.91 Å². The molecule has 1 unspecified atom stereocenters. The summed E-state index contributed by atoms with van der Waals surface area (Å²) in [6.45, 7) is 1.72. The van der Waals surface area contributed by atoms with Crippen molar-refractivity contribution in [1.29, 1.82) is 0 Å². The largest absolute Gasteiger partial charge is 0.382 e. The van der Waals surface area contributed by atoms with Gasteiger partial charge >= 0.3 is 0 Å². The molecule has 1 aliphatic heterocycles. The van der Waals surface area contributed by atoms with Crippen LogP contribution in [0.5, 0.6) is 0 Å². The Kier molecular flexibility index (Phi) is 5.41. The second kappa shape index (κ2) is 7.29. The van der Waals surface area contributed by atoms with Crippen molar-refractivity contribution in [1.82, 2.24) is 4.90 Å². The summed E-state index contributed by atoms with van der Waals surface area (Å²) >= 11 is 0. The van der Waals surface area contributed by atoms with Crippen LogP contribution in [0.2, 0.25) is 0 Å². The second-order valence-electron chi connectivity index (χ2n) is 5.55. The average Bonchev–Trinajstić information content (AvgIpc) is 2.69. The van der Waals surface area contributed by atoms with E-state index in [4.69, 9.17) is 4.74 Å². The Balaban J connectivity index is 1.89. The van der Waals surface area contributed by atoms with Gasteiger partial charge in [0, 0.05) is 39.0 Å². The zero-order valence-electron chi connectivity index (χ0n) is 12.4. The normalized spacial score (nSPS) is 19.2. The molecule has 1 aromatic rings. The Morgan fingerprint density at radius 2 is 2.00 bits per heavy atom. The van der Waals surface area contributed by atoms with Gasteiger partial charge < -0.3 is 15.0 Å². The molecular weight excluding hydrogens is 252 g/mol. The zero-order chi connectivity index (χ0) is 14.4. The standard InChI is InChI=1S/C16H24N2O2/c1-18(2)16(19)12-13-5-7-15(8-6-13)17-14-4-3-10-20-11-9-14/h5-8,14,17H,3-4,9-12H2,1-2H3. The maximum atomic E-state index is 11.6. The molecule has 4 nitrogen and oxygen atoms in total. The lowest BCUT2D eigenvalue weighted by Gasteiger charge is -2.17. The number of hydrogen-bond donors (Lipinski definition) is 1. The number of carbonyl (C=O) groups excluding carboxylic acids is 1. The van der Waals surface area contributed by atoms with E-state index in [1.165, 1.54) is 0 Å². The summed E-state index contributed by atoms with van der Waals surface area (Å²) in [5.41, 5.74) is 2.18. The Bertz CT molecular complexity index is 421. The van der Waals surface area contributed by atoms with Gasteiger partial charge in [-0.3, -0.25) is 4.79 Å². The van der Waals surface area contributed by atoms with E-state index < -0.39 is 0 Å². The molecule has 0 bridgehead atoms. The predicted molar refractivity (Wildman–Crippen MR) is 80.9 cm³/mol. The lowest BCUT2D eigenvalue weighted by molar-refractivity contribution is -0.127. The molecule has 1 heterocycles. The molecule has 1 aromatic carbocycles. The highest BCUT2D eigenvalue weighted by Gasteiger charge is 2.12. The van der Waals surface area contributed by atoms with Gasteiger partial charge in [-0.1, -0.05) is 12.1 Å². The number of hydrogen-bond acceptors (Lipinski definition) is 3. The van der Waals surface area contributed by atoms with E-state index in [9.17, 15) is 4.79 Å². The summed E-state index contributed by atoms with van der Waals surface area (Å²) in [6.07, 6.45) is 3.79. The third-order valence-corrected chi connectivity index (χ3v) is 3.63. The van der Waals surface area contributed by atoms with Gasteiger partial charge in [-0.2, -0.15) is 0 Å². The lowest BCUT2D eigenvalue weighted by Crippen LogP contribution is -2.23. The SMILES string of the molecule is CN(C)C(=O)Cc1ccc(NC2CCCOCC2)cc1. The van der Waals surface area contributed by atoms with Crippen LogP contribution < -0.4 is 5.32 Å². The van der Waals surface area contributed by atoms with Crippen LogP contribution in [-0.4, -0.2) is 44.2 Å². The van der Waals surface area contributed by atoms with Crippen LogP contribution >= 0.6 is 0 Å². The van der Waals surface area contributed by atoms with E-state index in [1.807, 2.05) is 12.1 Å². The second-order valence-corrected chi connectivity index (χ2v) is 5.55. The summed E-state index contributed by atoms with van der Waals surface area (Å²) in [5, 5.41) is 3.55. The van der Waals surface area contributed by atoms with E-state index in [0.29, 0.717) is 12.5 Å². The third kappa shape index (κ3) is 4.53. The Morgan fingerprint density at radius 3 is 2.70 bits per heavy atom. The van der Waals surface area contributed by atoms with Crippen molar-refractivity contribution in [2.24, 2.45) is 0 Å². The molecule has 20 heavy (non-hydrogen) atoms. The minimum atomic E-state index is 0.131. The fraction of sp³-hybridized carbons (Fsp3) is 0.562. The number of likely N-dealkylation sites (N-methyl/N-ethyl adjacent to an activating group) is 1. The molecular formula is C16H24N2O2. The quantitative estimate of drug-likeness (QED) is 0.917. The van der Waals surface area contributed by atoms with Crippen molar-refractivity contribution in [2.45, 2.75) is 31.7 Å². The highest BCUT2D eigenvalue weighted by atomic mass is 16.5. The number of amides is 1. The molecule has 1 aliphatic rings. The summed E-state index contributed by atoms with van der Waals surface area (Å²) in [7, 11) is 3.57. The number of nitrogens with one attached hydrogen (secondary N) is 1. The molecule has 1 N–H and O–H groups in total. The molecule has 1 atom stereocenters. The molecule has 0 aromatic heterocycles. The highest BCUT2D eigenvalue weighted by Crippen LogP contribution is 2.16. The van der Waals surface area contributed by atoms with Gasteiger partial charge in [0.25, 0.3) is 0 Å². The fourth-order valence-corrected chi connectivity index (χ4v) is 2.34. The lowest BCUT2D eigenvalue weighted by atomic mass is 10.1. The van der Waals surface area contributed by atoms with Gasteiger partial charge in [0.15, 0.2) is 0 Å². The molecule has 0 spiro atoms. The van der Waals surface area contributed by atoms with Crippen molar-refractivity contribution < 1.29 is 9.53 Å². The Labute approximate surface area is 121 Å². The van der Waals surface area contributed by atoms with Crippen LogP contribution in [0.15, 0.2) is 24.3 Å². The third-order valence-electron chi connectivity index (χ3n) is 3.63. The molecule has 0 radical (unpaired) electrons. The van der Waals surface area contributed by atoms with E-state index >= 15 is 0 Å². The van der Waals surface area contributed by atoms with Crippen LogP contribution in [0.1, 0.15) is 24.8 Å². The highest BCUT2D eigenvalue weighted by molar-refractivity contribution is 5.78. The number of rotatable bonds is 4. The number of benzene rings is 1. The van der Waals surface area contributed by atoms with Crippen LogP contribution in [0, 0.1) is 0 Å². The minimum absolute atomic E-state index is 0.131. The number of carbonyl (C=O) groups is 1. The van der Waals surface area contributed by atoms with Gasteiger partial charge in [-0.15, -0.1) is 0 Å².